The molecule has 36 heavy (non-hydrogen) atoms. The summed E-state index contributed by atoms with van der Waals surface area (Å²) in [5.41, 5.74) is 5.90. The molecular weight excluding hydrogens is 450 g/mol. The van der Waals surface area contributed by atoms with Crippen molar-refractivity contribution in [3.63, 3.8) is 0 Å². The van der Waals surface area contributed by atoms with Crippen LogP contribution in [-0.2, 0) is 0 Å². The Morgan fingerprint density at radius 3 is 2.31 bits per heavy atom. The number of aromatic nitrogens is 4. The number of benzene rings is 1. The van der Waals surface area contributed by atoms with Gasteiger partial charge in [0.1, 0.15) is 11.5 Å². The first-order valence-corrected chi connectivity index (χ1v) is 12.0. The zero-order valence-electron chi connectivity index (χ0n) is 20.8. The molecule has 0 bridgehead atoms. The predicted molar refractivity (Wildman–Crippen MR) is 142 cm³/mol. The monoisotopic (exact) mass is 479 g/mol. The zero-order valence-corrected chi connectivity index (χ0v) is 20.8. The molecular formula is C28H29N7O. The van der Waals surface area contributed by atoms with Gasteiger partial charge in [-0.05, 0) is 49.9 Å². The fourth-order valence-corrected chi connectivity index (χ4v) is 4.24. The minimum absolute atomic E-state index is 0.0828. The molecule has 0 aliphatic carbocycles. The summed E-state index contributed by atoms with van der Waals surface area (Å²) in [5, 5.41) is 3.12. The fraction of sp³-hybridized carbons (Fsp3) is 0.250. The third-order valence-corrected chi connectivity index (χ3v) is 6.39. The molecule has 1 saturated heterocycles. The van der Waals surface area contributed by atoms with Gasteiger partial charge < -0.3 is 15.1 Å². The third kappa shape index (κ3) is 5.08. The first kappa shape index (κ1) is 23.6. The van der Waals surface area contributed by atoms with Crippen molar-refractivity contribution in [2.24, 2.45) is 0 Å². The lowest BCUT2D eigenvalue weighted by Crippen LogP contribution is -2.47. The average Bonchev–Trinajstić information content (AvgIpc) is 2.93. The van der Waals surface area contributed by atoms with Crippen LogP contribution >= 0.6 is 0 Å². The highest BCUT2D eigenvalue weighted by molar-refractivity contribution is 5.94. The molecule has 0 radical (unpaired) electrons. The van der Waals surface area contributed by atoms with Crippen LogP contribution in [0.15, 0.2) is 67.0 Å². The number of carbonyl (C=O) groups is 1. The first-order chi connectivity index (χ1) is 17.5. The van der Waals surface area contributed by atoms with Gasteiger partial charge in [-0.2, -0.15) is 0 Å². The third-order valence-electron chi connectivity index (χ3n) is 6.39. The average molecular weight is 480 g/mol. The van der Waals surface area contributed by atoms with E-state index in [1.54, 1.807) is 6.20 Å². The van der Waals surface area contributed by atoms with Crippen LogP contribution in [0.4, 0.5) is 5.82 Å². The second kappa shape index (κ2) is 10.2. The molecule has 1 amide bonds. The summed E-state index contributed by atoms with van der Waals surface area (Å²) in [7, 11) is 3.92. The van der Waals surface area contributed by atoms with E-state index in [0.717, 1.165) is 60.0 Å². The van der Waals surface area contributed by atoms with Gasteiger partial charge in [0.2, 0.25) is 0 Å². The van der Waals surface area contributed by atoms with Crippen molar-refractivity contribution in [1.29, 1.82) is 0 Å². The van der Waals surface area contributed by atoms with Crippen LogP contribution in [0.2, 0.25) is 0 Å². The molecule has 8 heteroatoms. The van der Waals surface area contributed by atoms with Crippen LogP contribution in [-0.4, -0.2) is 75.9 Å². The Bertz CT molecular complexity index is 1380. The number of nitrogens with one attached hydrogen (secondary N) is 1. The SMILES string of the molecule is CNc1cc(-c2cncc(-c3ccc(C(=O)N4CCN(C)CC4)cc3)c2)nc(-c2cccc(C)n2)n1. The fourth-order valence-electron chi connectivity index (χ4n) is 4.24. The van der Waals surface area contributed by atoms with Gasteiger partial charge in [-0.25, -0.2) is 15.0 Å². The van der Waals surface area contributed by atoms with E-state index in [4.69, 9.17) is 4.98 Å². The number of pyridine rings is 2. The molecule has 0 unspecified atom stereocenters. The van der Waals surface area contributed by atoms with Crippen molar-refractivity contribution in [3.8, 4) is 33.9 Å². The molecule has 0 saturated carbocycles. The van der Waals surface area contributed by atoms with Crippen molar-refractivity contribution in [3.05, 3.63) is 78.2 Å². The summed E-state index contributed by atoms with van der Waals surface area (Å²) < 4.78 is 0. The smallest absolute Gasteiger partial charge is 0.253 e. The van der Waals surface area contributed by atoms with E-state index in [1.807, 2.05) is 73.6 Å². The summed E-state index contributed by atoms with van der Waals surface area (Å²) in [5.74, 6) is 1.34. The minimum Gasteiger partial charge on any atom is -0.373 e. The zero-order chi connectivity index (χ0) is 25.1. The second-order valence-electron chi connectivity index (χ2n) is 9.01. The summed E-state index contributed by atoms with van der Waals surface area (Å²) in [4.78, 5) is 35.5. The Balaban J connectivity index is 1.42. The lowest BCUT2D eigenvalue weighted by Gasteiger charge is -2.32. The standard InChI is InChI=1S/C28H29N7O/c1-19-5-4-6-24(31-19)27-32-25(16-26(29-2)33-27)23-15-22(17-30-18-23)20-7-9-21(10-8-20)28(36)35-13-11-34(3)12-14-35/h4-10,15-18H,11-14H2,1-3H3,(H,29,32,33). The van der Waals surface area contributed by atoms with E-state index in [2.05, 4.69) is 38.3 Å². The van der Waals surface area contributed by atoms with Crippen molar-refractivity contribution in [2.75, 3.05) is 45.6 Å². The quantitative estimate of drug-likeness (QED) is 0.463. The van der Waals surface area contributed by atoms with Gasteiger partial charge >= 0.3 is 0 Å². The number of nitrogens with zero attached hydrogens (tertiary/aromatic N) is 6. The molecule has 1 N–H and O–H groups in total. The number of hydrogen-bond acceptors (Lipinski definition) is 7. The summed E-state index contributed by atoms with van der Waals surface area (Å²) >= 11 is 0. The van der Waals surface area contributed by atoms with Crippen LogP contribution in [0.3, 0.4) is 0 Å². The number of likely N-dealkylation sites (N-methyl/N-ethyl adjacent to an activating group) is 1. The van der Waals surface area contributed by atoms with Crippen molar-refractivity contribution >= 4 is 11.7 Å². The van der Waals surface area contributed by atoms with Gasteiger partial charge in [0, 0.05) is 74.1 Å². The Hall–Kier alpha value is -4.17. The second-order valence-corrected chi connectivity index (χ2v) is 9.01. The van der Waals surface area contributed by atoms with Crippen LogP contribution in [0.5, 0.6) is 0 Å². The van der Waals surface area contributed by atoms with Crippen molar-refractivity contribution in [1.82, 2.24) is 29.7 Å². The van der Waals surface area contributed by atoms with E-state index < -0.39 is 0 Å². The normalized spacial score (nSPS) is 14.0. The highest BCUT2D eigenvalue weighted by Gasteiger charge is 2.20. The Labute approximate surface area is 211 Å². The number of aryl methyl sites for hydroxylation is 1. The Morgan fingerprint density at radius 2 is 1.58 bits per heavy atom. The Kier molecular flexibility index (Phi) is 6.69. The summed E-state index contributed by atoms with van der Waals surface area (Å²) in [6, 6.07) is 17.5. The summed E-state index contributed by atoms with van der Waals surface area (Å²) in [6.45, 7) is 5.28. The number of amides is 1. The molecule has 0 spiro atoms. The maximum Gasteiger partial charge on any atom is 0.253 e. The topological polar surface area (TPSA) is 87.1 Å². The molecule has 8 nitrogen and oxygen atoms in total. The van der Waals surface area contributed by atoms with Gasteiger partial charge in [0.25, 0.3) is 5.91 Å². The van der Waals surface area contributed by atoms with Gasteiger partial charge in [0.05, 0.1) is 5.69 Å². The summed E-state index contributed by atoms with van der Waals surface area (Å²) in [6.07, 6.45) is 3.62. The van der Waals surface area contributed by atoms with Crippen LogP contribution in [0, 0.1) is 6.92 Å². The maximum absolute atomic E-state index is 12.9. The minimum atomic E-state index is 0.0828. The molecule has 3 aromatic heterocycles. The molecule has 1 aromatic carbocycles. The Morgan fingerprint density at radius 1 is 0.833 bits per heavy atom. The number of hydrogen-bond donors (Lipinski definition) is 1. The van der Waals surface area contributed by atoms with Crippen molar-refractivity contribution in [2.45, 2.75) is 6.92 Å². The van der Waals surface area contributed by atoms with Gasteiger partial charge in [-0.3, -0.25) is 9.78 Å². The number of rotatable bonds is 5. The molecule has 182 valence electrons. The molecule has 0 atom stereocenters. The number of piperazine rings is 1. The maximum atomic E-state index is 12.9. The highest BCUT2D eigenvalue weighted by Crippen LogP contribution is 2.27. The molecule has 1 aliphatic rings. The molecule has 1 fully saturated rings. The van der Waals surface area contributed by atoms with E-state index in [1.165, 1.54) is 0 Å². The lowest BCUT2D eigenvalue weighted by atomic mass is 10.0. The van der Waals surface area contributed by atoms with Crippen molar-refractivity contribution < 1.29 is 4.79 Å². The van der Waals surface area contributed by atoms with E-state index in [9.17, 15) is 4.79 Å². The van der Waals surface area contributed by atoms with E-state index >= 15 is 0 Å². The molecule has 5 rings (SSSR count). The lowest BCUT2D eigenvalue weighted by molar-refractivity contribution is 0.0664. The highest BCUT2D eigenvalue weighted by atomic mass is 16.2. The largest absolute Gasteiger partial charge is 0.373 e. The number of anilines is 1. The van der Waals surface area contributed by atoms with E-state index in [0.29, 0.717) is 17.2 Å². The number of carbonyl (C=O) groups excluding carboxylic acids is 1. The molecule has 1 aliphatic heterocycles. The predicted octanol–water partition coefficient (Wildman–Crippen LogP) is 4.01. The molecule has 4 heterocycles. The van der Waals surface area contributed by atoms with Gasteiger partial charge in [-0.1, -0.05) is 18.2 Å². The van der Waals surface area contributed by atoms with Crippen LogP contribution in [0.25, 0.3) is 33.9 Å². The van der Waals surface area contributed by atoms with Gasteiger partial charge in [-0.15, -0.1) is 0 Å². The first-order valence-electron chi connectivity index (χ1n) is 12.0. The molecule has 4 aromatic rings. The van der Waals surface area contributed by atoms with Crippen LogP contribution in [0.1, 0.15) is 16.1 Å². The van der Waals surface area contributed by atoms with Gasteiger partial charge in [0.15, 0.2) is 5.82 Å². The van der Waals surface area contributed by atoms with Crippen LogP contribution < -0.4 is 5.32 Å². The van der Waals surface area contributed by atoms with E-state index in [-0.39, 0.29) is 5.91 Å².